The van der Waals surface area contributed by atoms with E-state index in [1.807, 2.05) is 25.1 Å². The second-order valence-corrected chi connectivity index (χ2v) is 11.3. The van der Waals surface area contributed by atoms with E-state index in [0.29, 0.717) is 48.9 Å². The van der Waals surface area contributed by atoms with Crippen molar-refractivity contribution < 1.29 is 14.0 Å². The van der Waals surface area contributed by atoms with Crippen LogP contribution in [0.15, 0.2) is 42.6 Å². The fraction of sp³-hybridized carbons (Fsp3) is 0.484. The predicted octanol–water partition coefficient (Wildman–Crippen LogP) is 4.38. The minimum absolute atomic E-state index is 0.0648. The van der Waals surface area contributed by atoms with Crippen molar-refractivity contribution in [1.82, 2.24) is 19.8 Å². The van der Waals surface area contributed by atoms with E-state index < -0.39 is 0 Å². The van der Waals surface area contributed by atoms with Gasteiger partial charge in [0, 0.05) is 43.2 Å². The number of carbonyl (C=O) groups excluding carboxylic acids is 2. The molecule has 5 rings (SSSR count). The highest BCUT2D eigenvalue weighted by molar-refractivity contribution is 5.94. The molecule has 1 aromatic carbocycles. The molecule has 8 nitrogen and oxygen atoms in total. The minimum Gasteiger partial charge on any atom is -0.366 e. The summed E-state index contributed by atoms with van der Waals surface area (Å²) in [6, 6.07) is 6.28. The number of ketones is 1. The van der Waals surface area contributed by atoms with Gasteiger partial charge in [-0.3, -0.25) is 9.59 Å². The Kier molecular flexibility index (Phi) is 8.75. The number of nitrogens with zero attached hydrogens (tertiary/aromatic N) is 4. The van der Waals surface area contributed by atoms with Gasteiger partial charge < -0.3 is 20.4 Å². The molecular weight excluding hydrogens is 507 g/mol. The molecule has 2 aromatic rings. The molecule has 0 radical (unpaired) electrons. The number of halogens is 1. The lowest BCUT2D eigenvalue weighted by molar-refractivity contribution is -0.134. The average molecular weight is 545 g/mol. The summed E-state index contributed by atoms with van der Waals surface area (Å²) < 4.78 is 13.5. The Morgan fingerprint density at radius 3 is 2.80 bits per heavy atom. The first kappa shape index (κ1) is 27.8. The molecule has 9 heteroatoms. The van der Waals surface area contributed by atoms with Crippen LogP contribution in [0.4, 0.5) is 21.8 Å². The number of amides is 1. The summed E-state index contributed by atoms with van der Waals surface area (Å²) in [6.07, 6.45) is 11.2. The molecule has 40 heavy (non-hydrogen) atoms. The summed E-state index contributed by atoms with van der Waals surface area (Å²) in [4.78, 5) is 38.4. The molecule has 1 saturated heterocycles. The second-order valence-electron chi connectivity index (χ2n) is 11.3. The van der Waals surface area contributed by atoms with Crippen molar-refractivity contribution in [3.8, 4) is 11.8 Å². The smallest absolute Gasteiger partial charge is 0.246 e. The van der Waals surface area contributed by atoms with Gasteiger partial charge in [0.15, 0.2) is 5.78 Å². The number of Topliss-reactive ketones (excluding diaryl/α,β-unsaturated/α-hetero) is 1. The molecule has 0 spiro atoms. The molecule has 1 aromatic heterocycles. The molecule has 2 heterocycles. The van der Waals surface area contributed by atoms with Crippen LogP contribution in [0.3, 0.4) is 0 Å². The SMILES string of the molecule is CN(C)C/C=C/C(=O)N1CCC[C@H]1C(=O)CC1CC(C#Cc2cnc(Nc3cccc(F)c3)nc2NC2CC2)C1. The van der Waals surface area contributed by atoms with Crippen LogP contribution >= 0.6 is 0 Å². The number of likely N-dealkylation sites (N-methyl/N-ethyl adjacent to an activating group) is 1. The highest BCUT2D eigenvalue weighted by Gasteiger charge is 2.37. The highest BCUT2D eigenvalue weighted by Crippen LogP contribution is 2.37. The summed E-state index contributed by atoms with van der Waals surface area (Å²) in [6.45, 7) is 1.35. The summed E-state index contributed by atoms with van der Waals surface area (Å²) >= 11 is 0. The highest BCUT2D eigenvalue weighted by atomic mass is 19.1. The predicted molar refractivity (Wildman–Crippen MR) is 154 cm³/mol. The molecule has 0 bridgehead atoms. The maximum absolute atomic E-state index is 13.5. The van der Waals surface area contributed by atoms with E-state index in [1.54, 1.807) is 29.3 Å². The monoisotopic (exact) mass is 544 g/mol. The van der Waals surface area contributed by atoms with Crippen molar-refractivity contribution >= 4 is 29.1 Å². The van der Waals surface area contributed by atoms with Crippen LogP contribution in [0.5, 0.6) is 0 Å². The maximum Gasteiger partial charge on any atom is 0.246 e. The van der Waals surface area contributed by atoms with Gasteiger partial charge in [-0.2, -0.15) is 4.98 Å². The van der Waals surface area contributed by atoms with Crippen LogP contribution in [0, 0.1) is 29.5 Å². The number of carbonyl (C=O) groups is 2. The van der Waals surface area contributed by atoms with Crippen molar-refractivity contribution in [2.24, 2.45) is 11.8 Å². The summed E-state index contributed by atoms with van der Waals surface area (Å²) in [7, 11) is 3.91. The van der Waals surface area contributed by atoms with Crippen molar-refractivity contribution in [3.05, 3.63) is 54.0 Å². The number of hydrogen-bond donors (Lipinski definition) is 2. The van der Waals surface area contributed by atoms with Gasteiger partial charge in [-0.1, -0.05) is 24.0 Å². The van der Waals surface area contributed by atoms with Crippen LogP contribution in [0.2, 0.25) is 0 Å². The first-order chi connectivity index (χ1) is 19.3. The molecule has 2 saturated carbocycles. The van der Waals surface area contributed by atoms with Gasteiger partial charge in [-0.05, 0) is 76.7 Å². The average Bonchev–Trinajstić information content (AvgIpc) is 3.56. The number of nitrogens with one attached hydrogen (secondary N) is 2. The molecule has 1 amide bonds. The lowest BCUT2D eigenvalue weighted by atomic mass is 9.72. The minimum atomic E-state index is -0.328. The Morgan fingerprint density at radius 2 is 2.05 bits per heavy atom. The number of rotatable bonds is 10. The molecule has 2 aliphatic carbocycles. The van der Waals surface area contributed by atoms with Crippen LogP contribution in [0.25, 0.3) is 0 Å². The van der Waals surface area contributed by atoms with Crippen molar-refractivity contribution in [2.75, 3.05) is 37.8 Å². The number of likely N-dealkylation sites (tertiary alicyclic amines) is 1. The van der Waals surface area contributed by atoms with Gasteiger partial charge >= 0.3 is 0 Å². The molecule has 2 N–H and O–H groups in total. The van der Waals surface area contributed by atoms with Crippen molar-refractivity contribution in [1.29, 1.82) is 0 Å². The standard InChI is InChI=1S/C31H37FN6O2/c1-37(2)14-5-9-29(40)38-15-4-8-27(38)28(39)18-22-16-21(17-22)10-11-23-20-33-31(36-30(23)34-25-12-13-25)35-26-7-3-6-24(32)19-26/h3,5-7,9,19-22,25,27H,4,8,12-18H2,1-2H3,(H2,33,34,35,36)/b9-5+/t21?,22?,27-/m0/s1. The molecule has 0 unspecified atom stereocenters. The molecule has 210 valence electrons. The third kappa shape index (κ3) is 7.45. The quantitative estimate of drug-likeness (QED) is 0.339. The molecule has 1 atom stereocenters. The Labute approximate surface area is 235 Å². The van der Waals surface area contributed by atoms with Crippen LogP contribution in [-0.4, -0.2) is 70.7 Å². The second kappa shape index (κ2) is 12.6. The molecular formula is C31H37FN6O2. The third-order valence-electron chi connectivity index (χ3n) is 7.56. The van der Waals surface area contributed by atoms with E-state index in [-0.39, 0.29) is 29.5 Å². The zero-order valence-corrected chi connectivity index (χ0v) is 23.2. The molecule has 3 aliphatic rings. The summed E-state index contributed by atoms with van der Waals surface area (Å²) in [5, 5.41) is 6.48. The van der Waals surface area contributed by atoms with Crippen LogP contribution in [0.1, 0.15) is 50.5 Å². The Hall–Kier alpha value is -3.77. The lowest BCUT2D eigenvalue weighted by Gasteiger charge is -2.33. The van der Waals surface area contributed by atoms with Crippen LogP contribution in [-0.2, 0) is 9.59 Å². The number of hydrogen-bond acceptors (Lipinski definition) is 7. The van der Waals surface area contributed by atoms with Gasteiger partial charge in [0.2, 0.25) is 11.9 Å². The zero-order valence-electron chi connectivity index (χ0n) is 23.2. The van der Waals surface area contributed by atoms with E-state index in [9.17, 15) is 14.0 Å². The van der Waals surface area contributed by atoms with Gasteiger partial charge in [0.05, 0.1) is 17.8 Å². The summed E-state index contributed by atoms with van der Waals surface area (Å²) in [5.41, 5.74) is 1.32. The van der Waals surface area contributed by atoms with Crippen molar-refractivity contribution in [3.63, 3.8) is 0 Å². The number of benzene rings is 1. The fourth-order valence-corrected chi connectivity index (χ4v) is 5.21. The van der Waals surface area contributed by atoms with E-state index in [2.05, 4.69) is 32.4 Å². The Morgan fingerprint density at radius 1 is 1.23 bits per heavy atom. The number of aromatic nitrogens is 2. The summed E-state index contributed by atoms with van der Waals surface area (Å²) in [5.74, 6) is 7.99. The van der Waals surface area contributed by atoms with Gasteiger partial charge in [0.25, 0.3) is 0 Å². The first-order valence-corrected chi connectivity index (χ1v) is 14.2. The van der Waals surface area contributed by atoms with E-state index in [0.717, 1.165) is 44.1 Å². The lowest BCUT2D eigenvalue weighted by Crippen LogP contribution is -2.41. The van der Waals surface area contributed by atoms with E-state index >= 15 is 0 Å². The van der Waals surface area contributed by atoms with Crippen LogP contribution < -0.4 is 10.6 Å². The molecule has 3 fully saturated rings. The van der Waals surface area contributed by atoms with E-state index in [4.69, 9.17) is 0 Å². The zero-order chi connectivity index (χ0) is 28.1. The number of anilines is 3. The topological polar surface area (TPSA) is 90.5 Å². The van der Waals surface area contributed by atoms with Gasteiger partial charge in [-0.25, -0.2) is 9.37 Å². The van der Waals surface area contributed by atoms with Crippen molar-refractivity contribution in [2.45, 2.75) is 57.0 Å². The van der Waals surface area contributed by atoms with Gasteiger partial charge in [0.1, 0.15) is 11.6 Å². The van der Waals surface area contributed by atoms with E-state index in [1.165, 1.54) is 12.1 Å². The fourth-order valence-electron chi connectivity index (χ4n) is 5.21. The van der Waals surface area contributed by atoms with Gasteiger partial charge in [-0.15, -0.1) is 0 Å². The molecule has 1 aliphatic heterocycles. The first-order valence-electron chi connectivity index (χ1n) is 14.2. The Bertz CT molecular complexity index is 1320. The third-order valence-corrected chi connectivity index (χ3v) is 7.56. The normalized spacial score (nSPS) is 22.1. The Balaban J connectivity index is 1.15. The largest absolute Gasteiger partial charge is 0.366 e. The maximum atomic E-state index is 13.5.